The van der Waals surface area contributed by atoms with Crippen LogP contribution in [0.15, 0.2) is 90.0 Å². The summed E-state index contributed by atoms with van der Waals surface area (Å²) in [6, 6.07) is 1.23. The highest BCUT2D eigenvalue weighted by Crippen LogP contribution is 2.60. The Morgan fingerprint density at radius 3 is 2.00 bits per heavy atom. The Hall–Kier alpha value is -3.88. The second kappa shape index (κ2) is 36.1. The minimum Gasteiger partial charge on any atom is -0.462 e. The molecule has 2 heterocycles. The van der Waals surface area contributed by atoms with Crippen LogP contribution >= 0.6 is 15.6 Å². The quantitative estimate of drug-likeness (QED) is 0.0111. The van der Waals surface area contributed by atoms with Gasteiger partial charge in [0.2, 0.25) is 0 Å². The van der Waals surface area contributed by atoms with Gasteiger partial charge in [0.25, 0.3) is 0 Å². The minimum absolute atomic E-state index is 0.0858. The number of hydrogen-bond donors (Lipinski definition) is 7. The van der Waals surface area contributed by atoms with Gasteiger partial charge in [-0.15, -0.1) is 0 Å². The third-order valence-electron chi connectivity index (χ3n) is 10.7. The van der Waals surface area contributed by atoms with E-state index in [2.05, 4.69) is 23.1 Å². The Bertz CT molecular complexity index is 2020. The van der Waals surface area contributed by atoms with Crippen LogP contribution in [0.2, 0.25) is 0 Å². The maximum atomic E-state index is 12.8. The molecule has 9 atom stereocenters. The van der Waals surface area contributed by atoms with Crippen LogP contribution in [0.5, 0.6) is 0 Å². The third kappa shape index (κ3) is 30.0. The van der Waals surface area contributed by atoms with E-state index in [4.69, 9.17) is 29.0 Å². The van der Waals surface area contributed by atoms with Crippen LogP contribution in [0.25, 0.3) is 0 Å². The highest BCUT2D eigenvalue weighted by molar-refractivity contribution is 7.61. The van der Waals surface area contributed by atoms with Crippen molar-refractivity contribution in [1.29, 1.82) is 0 Å². The number of aliphatic hydroxyl groups is 4. The standard InChI is InChI=1S/C49H79N3O17P2/c1-4-5-19-27-39(53)29-22-17-18-23-30-40(54)28-21-14-11-12-16-25-32-45(56)67-41(35-64-44(55)31-24-15-10-8-6-7-9-13-20-26-38(2)3)36-65-70(60,61)69-71(62,63)66-37-42-46(57)47(58)48(68-42)52-34-33-43(50)51-49(52)59/h5,12,14,16-19,21-23,29-30,33-34,38-42,46-48,53-54,57-58H,4,6-11,13,15,20,24-28,31-32,35-37H2,1-3H3,(H,60,61)(H,62,63)(H2,50,51,59)/b16-12-,18-17-,19-5-,21-14-,29-22+,30-23+/t39-,40+,41+,42+,46+,47+,48+/m0/s1. The summed E-state index contributed by atoms with van der Waals surface area (Å²) in [6.07, 6.45) is 26.6. The number of aliphatic hydroxyl groups excluding tert-OH is 4. The summed E-state index contributed by atoms with van der Waals surface area (Å²) < 4.78 is 56.5. The number of carbonyl (C=O) groups is 2. The van der Waals surface area contributed by atoms with Gasteiger partial charge in [0.1, 0.15) is 30.7 Å². The fourth-order valence-electron chi connectivity index (χ4n) is 6.82. The molecule has 2 unspecified atom stereocenters. The maximum absolute atomic E-state index is 12.8. The van der Waals surface area contributed by atoms with Crippen LogP contribution in [0.3, 0.4) is 0 Å². The number of carbonyl (C=O) groups excluding carboxylic acids is 2. The highest BCUT2D eigenvalue weighted by Gasteiger charge is 2.46. The molecular weight excluding hydrogens is 964 g/mol. The van der Waals surface area contributed by atoms with Gasteiger partial charge in [-0.2, -0.15) is 9.29 Å². The SMILES string of the molecule is CC/C=C\C[C@H](O)/C=C/C=C\C=C\[C@H](O)C/C=C\C/C=C\CCC(=O)O[C@H](COC(=O)CCCCCCCCCCCC(C)C)COP(=O)(O)OP(=O)(O)OC[C@H]1O[C@@H](n2ccc(N)nc2=O)[C@H](O)[C@@H]1O. The van der Waals surface area contributed by atoms with Crippen molar-refractivity contribution in [2.24, 2.45) is 5.92 Å². The lowest BCUT2D eigenvalue weighted by atomic mass is 10.0. The topological polar surface area (TPSA) is 306 Å². The van der Waals surface area contributed by atoms with Crippen LogP contribution in [-0.2, 0) is 46.3 Å². The Morgan fingerprint density at radius 1 is 0.789 bits per heavy atom. The van der Waals surface area contributed by atoms with E-state index in [0.29, 0.717) is 25.7 Å². The zero-order chi connectivity index (χ0) is 52.5. The highest BCUT2D eigenvalue weighted by atomic mass is 31.3. The van der Waals surface area contributed by atoms with Crippen molar-refractivity contribution < 1.29 is 76.5 Å². The van der Waals surface area contributed by atoms with Crippen molar-refractivity contribution in [2.45, 2.75) is 173 Å². The van der Waals surface area contributed by atoms with Gasteiger partial charge in [-0.25, -0.2) is 13.9 Å². The lowest BCUT2D eigenvalue weighted by Gasteiger charge is -2.21. The number of phosphoric acid groups is 2. The first-order chi connectivity index (χ1) is 33.8. The lowest BCUT2D eigenvalue weighted by Crippen LogP contribution is -2.36. The predicted molar refractivity (Wildman–Crippen MR) is 268 cm³/mol. The van der Waals surface area contributed by atoms with Crippen molar-refractivity contribution in [3.05, 3.63) is 95.7 Å². The molecular formula is C49H79N3O17P2. The molecule has 22 heteroatoms. The molecule has 0 aromatic carbocycles. The summed E-state index contributed by atoms with van der Waals surface area (Å²) in [5, 5.41) is 40.9. The number of esters is 2. The summed E-state index contributed by atoms with van der Waals surface area (Å²) in [5.41, 5.74) is 4.56. The van der Waals surface area contributed by atoms with E-state index in [9.17, 15) is 53.7 Å². The molecule has 8 N–H and O–H groups in total. The van der Waals surface area contributed by atoms with E-state index >= 15 is 0 Å². The molecule has 1 fully saturated rings. The molecule has 0 aliphatic carbocycles. The fourth-order valence-corrected chi connectivity index (χ4v) is 8.93. The van der Waals surface area contributed by atoms with E-state index in [1.807, 2.05) is 31.2 Å². The molecule has 0 bridgehead atoms. The molecule has 1 aromatic rings. The second-order valence-electron chi connectivity index (χ2n) is 17.5. The van der Waals surface area contributed by atoms with Crippen molar-refractivity contribution >= 4 is 33.4 Å². The zero-order valence-corrected chi connectivity index (χ0v) is 43.2. The molecule has 402 valence electrons. The predicted octanol–water partition coefficient (Wildman–Crippen LogP) is 7.52. The fraction of sp³-hybridized carbons (Fsp3) is 0.633. The smallest absolute Gasteiger partial charge is 0.462 e. The number of aromatic nitrogens is 2. The first-order valence-electron chi connectivity index (χ1n) is 24.5. The van der Waals surface area contributed by atoms with Gasteiger partial charge in [-0.3, -0.25) is 23.2 Å². The Labute approximate surface area is 418 Å². The molecule has 71 heavy (non-hydrogen) atoms. The van der Waals surface area contributed by atoms with E-state index in [1.165, 1.54) is 38.2 Å². The van der Waals surface area contributed by atoms with E-state index in [1.54, 1.807) is 48.6 Å². The minimum atomic E-state index is -5.47. The Morgan fingerprint density at radius 2 is 1.38 bits per heavy atom. The maximum Gasteiger partial charge on any atom is 0.481 e. The first-order valence-corrected chi connectivity index (χ1v) is 27.5. The largest absolute Gasteiger partial charge is 0.481 e. The first kappa shape index (κ1) is 63.2. The van der Waals surface area contributed by atoms with Crippen LogP contribution in [0.4, 0.5) is 5.82 Å². The van der Waals surface area contributed by atoms with Crippen LogP contribution < -0.4 is 11.4 Å². The van der Waals surface area contributed by atoms with Crippen molar-refractivity contribution in [2.75, 3.05) is 25.6 Å². The summed E-state index contributed by atoms with van der Waals surface area (Å²) in [7, 11) is -10.9. The molecule has 1 aromatic heterocycles. The van der Waals surface area contributed by atoms with Gasteiger partial charge in [0.15, 0.2) is 12.3 Å². The normalized spacial score (nSPS) is 20.8. The summed E-state index contributed by atoms with van der Waals surface area (Å²) in [4.78, 5) is 61.8. The number of ether oxygens (including phenoxy) is 3. The van der Waals surface area contributed by atoms with Crippen LogP contribution in [0.1, 0.15) is 136 Å². The summed E-state index contributed by atoms with van der Waals surface area (Å²) in [6.45, 7) is 4.03. The van der Waals surface area contributed by atoms with Gasteiger partial charge in [-0.1, -0.05) is 151 Å². The number of unbranched alkanes of at least 4 members (excludes halogenated alkanes) is 8. The average molecular weight is 1040 g/mol. The molecule has 0 saturated carbocycles. The molecule has 1 aliphatic rings. The molecule has 1 saturated heterocycles. The summed E-state index contributed by atoms with van der Waals surface area (Å²) in [5.74, 6) is -0.760. The number of nitrogens with two attached hydrogens (primary N) is 1. The van der Waals surface area contributed by atoms with Crippen LogP contribution in [-0.4, -0.2) is 108 Å². The number of phosphoric ester groups is 2. The van der Waals surface area contributed by atoms with Crippen LogP contribution in [0, 0.1) is 5.92 Å². The lowest BCUT2D eigenvalue weighted by molar-refractivity contribution is -0.161. The Balaban J connectivity index is 1.88. The number of allylic oxidation sites excluding steroid dienone is 8. The van der Waals surface area contributed by atoms with Gasteiger partial charge in [-0.05, 0) is 50.5 Å². The number of nitrogens with zero attached hydrogens (tertiary/aromatic N) is 2. The van der Waals surface area contributed by atoms with Gasteiger partial charge in [0.05, 0.1) is 25.4 Å². The second-order valence-corrected chi connectivity index (χ2v) is 20.5. The zero-order valence-electron chi connectivity index (χ0n) is 41.4. The van der Waals surface area contributed by atoms with Gasteiger partial charge >= 0.3 is 33.3 Å². The number of hydrogen-bond acceptors (Lipinski definition) is 17. The van der Waals surface area contributed by atoms with E-state index in [-0.39, 0.29) is 25.1 Å². The van der Waals surface area contributed by atoms with Gasteiger partial charge < -0.3 is 50.2 Å². The molecule has 2 rings (SSSR count). The van der Waals surface area contributed by atoms with Crippen molar-refractivity contribution in [3.8, 4) is 0 Å². The number of anilines is 1. The molecule has 0 spiro atoms. The van der Waals surface area contributed by atoms with E-state index < -0.39 is 95.9 Å². The summed E-state index contributed by atoms with van der Waals surface area (Å²) >= 11 is 0. The van der Waals surface area contributed by atoms with Crippen molar-refractivity contribution in [3.63, 3.8) is 0 Å². The Kier molecular flexibility index (Phi) is 32.2. The molecule has 0 amide bonds. The number of nitrogen functional groups attached to an aromatic ring is 1. The molecule has 0 radical (unpaired) electrons. The molecule has 20 nitrogen and oxygen atoms in total. The van der Waals surface area contributed by atoms with E-state index in [0.717, 1.165) is 48.8 Å². The van der Waals surface area contributed by atoms with Crippen molar-refractivity contribution in [1.82, 2.24) is 9.55 Å². The average Bonchev–Trinajstić information content (AvgIpc) is 3.58. The number of rotatable bonds is 38. The molecule has 1 aliphatic heterocycles. The third-order valence-corrected chi connectivity index (χ3v) is 13.3. The monoisotopic (exact) mass is 1040 g/mol. The van der Waals surface area contributed by atoms with Gasteiger partial charge in [0, 0.05) is 19.0 Å².